The molecule has 0 radical (unpaired) electrons. The first-order valence-electron chi connectivity index (χ1n) is 10.9. The van der Waals surface area contributed by atoms with Crippen molar-refractivity contribution < 1.29 is 9.59 Å². The van der Waals surface area contributed by atoms with Gasteiger partial charge in [-0.2, -0.15) is 0 Å². The van der Waals surface area contributed by atoms with Crippen molar-refractivity contribution in [2.24, 2.45) is 5.41 Å². The van der Waals surface area contributed by atoms with E-state index in [1.54, 1.807) is 30.1 Å². The Kier molecular flexibility index (Phi) is 6.30. The van der Waals surface area contributed by atoms with Crippen LogP contribution in [0, 0.1) is 5.41 Å². The predicted octanol–water partition coefficient (Wildman–Crippen LogP) is 3.70. The van der Waals surface area contributed by atoms with Crippen molar-refractivity contribution in [1.29, 1.82) is 0 Å². The summed E-state index contributed by atoms with van der Waals surface area (Å²) in [4.78, 5) is 38.3. The Labute approximate surface area is 188 Å². The second-order valence-electron chi connectivity index (χ2n) is 8.60. The van der Waals surface area contributed by atoms with E-state index in [-0.39, 0.29) is 11.8 Å². The molecule has 3 aromatic rings. The molecule has 2 amide bonds. The highest BCUT2D eigenvalue weighted by molar-refractivity contribution is 5.93. The minimum Gasteiger partial charge on any atom is -0.348 e. The van der Waals surface area contributed by atoms with Gasteiger partial charge in [0.15, 0.2) is 0 Å². The summed E-state index contributed by atoms with van der Waals surface area (Å²) < 4.78 is 0. The van der Waals surface area contributed by atoms with Crippen LogP contribution in [0.25, 0.3) is 11.1 Å². The lowest BCUT2D eigenvalue weighted by atomic mass is 9.72. The summed E-state index contributed by atoms with van der Waals surface area (Å²) in [6.07, 6.45) is 6.62. The molecular weight excluding hydrogens is 400 g/mol. The lowest BCUT2D eigenvalue weighted by Crippen LogP contribution is -2.54. The van der Waals surface area contributed by atoms with Crippen LogP contribution in [-0.4, -0.2) is 58.8 Å². The smallest absolute Gasteiger partial charge is 0.274 e. The molecular formula is C26H28N4O2. The molecule has 1 aromatic heterocycles. The number of carbonyl (C=O) groups excluding carboxylic acids is 2. The number of hydrogen-bond donors (Lipinski definition) is 0. The SMILES string of the molecule is CN(C)C(=O)[C@@]1(Cc2ccccc2-c2ccccc2)CCCN(C(=O)c2cnccn2)C1. The van der Waals surface area contributed by atoms with Gasteiger partial charge in [0.1, 0.15) is 5.69 Å². The van der Waals surface area contributed by atoms with Crippen molar-refractivity contribution >= 4 is 11.8 Å². The lowest BCUT2D eigenvalue weighted by Gasteiger charge is -2.43. The average Bonchev–Trinajstić information content (AvgIpc) is 2.84. The van der Waals surface area contributed by atoms with Gasteiger partial charge in [-0.3, -0.25) is 14.6 Å². The summed E-state index contributed by atoms with van der Waals surface area (Å²) in [6, 6.07) is 18.5. The maximum atomic E-state index is 13.5. The number of benzene rings is 2. The Morgan fingerprint density at radius 2 is 1.78 bits per heavy atom. The second kappa shape index (κ2) is 9.30. The highest BCUT2D eigenvalue weighted by Gasteiger charge is 2.45. The van der Waals surface area contributed by atoms with E-state index in [0.29, 0.717) is 25.2 Å². The van der Waals surface area contributed by atoms with E-state index in [4.69, 9.17) is 0 Å². The molecule has 0 saturated carbocycles. The molecule has 32 heavy (non-hydrogen) atoms. The van der Waals surface area contributed by atoms with Crippen molar-refractivity contribution in [3.63, 3.8) is 0 Å². The number of rotatable bonds is 5. The quantitative estimate of drug-likeness (QED) is 0.622. The van der Waals surface area contributed by atoms with Crippen molar-refractivity contribution in [1.82, 2.24) is 19.8 Å². The van der Waals surface area contributed by atoms with Gasteiger partial charge in [0, 0.05) is 39.6 Å². The van der Waals surface area contributed by atoms with Crippen LogP contribution in [0.4, 0.5) is 0 Å². The summed E-state index contributed by atoms with van der Waals surface area (Å²) in [6.45, 7) is 0.973. The number of piperidine rings is 1. The van der Waals surface area contributed by atoms with Crippen LogP contribution in [0.2, 0.25) is 0 Å². The zero-order chi connectivity index (χ0) is 22.6. The maximum absolute atomic E-state index is 13.5. The van der Waals surface area contributed by atoms with Crippen molar-refractivity contribution in [3.8, 4) is 11.1 Å². The van der Waals surface area contributed by atoms with Crippen LogP contribution in [0.3, 0.4) is 0 Å². The number of hydrogen-bond acceptors (Lipinski definition) is 4. The fraction of sp³-hybridized carbons (Fsp3) is 0.308. The topological polar surface area (TPSA) is 66.4 Å². The largest absolute Gasteiger partial charge is 0.348 e. The Hall–Kier alpha value is -3.54. The highest BCUT2D eigenvalue weighted by Crippen LogP contribution is 2.38. The molecule has 6 nitrogen and oxygen atoms in total. The van der Waals surface area contributed by atoms with E-state index in [9.17, 15) is 9.59 Å². The van der Waals surface area contributed by atoms with E-state index in [0.717, 1.165) is 29.5 Å². The molecule has 0 N–H and O–H groups in total. The fourth-order valence-electron chi connectivity index (χ4n) is 4.68. The third kappa shape index (κ3) is 4.40. The summed E-state index contributed by atoms with van der Waals surface area (Å²) >= 11 is 0. The van der Waals surface area contributed by atoms with Gasteiger partial charge in [-0.05, 0) is 36.0 Å². The molecule has 2 heterocycles. The minimum absolute atomic E-state index is 0.0528. The number of amides is 2. The summed E-state index contributed by atoms with van der Waals surface area (Å²) in [5, 5.41) is 0. The van der Waals surface area contributed by atoms with Crippen LogP contribution in [0.15, 0.2) is 73.2 Å². The summed E-state index contributed by atoms with van der Waals surface area (Å²) in [7, 11) is 3.58. The molecule has 0 spiro atoms. The van der Waals surface area contributed by atoms with Gasteiger partial charge in [0.25, 0.3) is 5.91 Å². The molecule has 1 fully saturated rings. The van der Waals surface area contributed by atoms with Crippen LogP contribution >= 0.6 is 0 Å². The molecule has 164 valence electrons. The first kappa shape index (κ1) is 21.7. The van der Waals surface area contributed by atoms with Gasteiger partial charge in [-0.15, -0.1) is 0 Å². The van der Waals surface area contributed by atoms with Gasteiger partial charge in [-0.25, -0.2) is 4.98 Å². The van der Waals surface area contributed by atoms with Crippen molar-refractivity contribution in [3.05, 3.63) is 84.4 Å². The molecule has 0 unspecified atom stereocenters. The molecule has 1 aliphatic heterocycles. The molecule has 1 aliphatic rings. The van der Waals surface area contributed by atoms with Gasteiger partial charge in [-0.1, -0.05) is 54.6 Å². The van der Waals surface area contributed by atoms with Crippen LogP contribution in [0.5, 0.6) is 0 Å². The van der Waals surface area contributed by atoms with Gasteiger partial charge in [0.2, 0.25) is 5.91 Å². The predicted molar refractivity (Wildman–Crippen MR) is 124 cm³/mol. The zero-order valence-corrected chi connectivity index (χ0v) is 18.6. The fourth-order valence-corrected chi connectivity index (χ4v) is 4.68. The number of nitrogens with zero attached hydrogens (tertiary/aromatic N) is 4. The first-order chi connectivity index (χ1) is 15.5. The third-order valence-corrected chi connectivity index (χ3v) is 6.14. The zero-order valence-electron chi connectivity index (χ0n) is 18.6. The lowest BCUT2D eigenvalue weighted by molar-refractivity contribution is -0.142. The van der Waals surface area contributed by atoms with Crippen LogP contribution in [0.1, 0.15) is 28.9 Å². The molecule has 0 aliphatic carbocycles. The molecule has 0 bridgehead atoms. The van der Waals surface area contributed by atoms with E-state index >= 15 is 0 Å². The van der Waals surface area contributed by atoms with Gasteiger partial charge >= 0.3 is 0 Å². The number of carbonyl (C=O) groups is 2. The number of aromatic nitrogens is 2. The normalized spacial score (nSPS) is 18.2. The molecule has 1 atom stereocenters. The first-order valence-corrected chi connectivity index (χ1v) is 10.9. The van der Waals surface area contributed by atoms with Gasteiger partial charge in [0.05, 0.1) is 11.6 Å². The van der Waals surface area contributed by atoms with E-state index in [1.165, 1.54) is 12.4 Å². The number of likely N-dealkylation sites (tertiary alicyclic amines) is 1. The Bertz CT molecular complexity index is 1090. The Morgan fingerprint density at radius 3 is 2.50 bits per heavy atom. The van der Waals surface area contributed by atoms with Crippen LogP contribution < -0.4 is 0 Å². The van der Waals surface area contributed by atoms with E-state index in [2.05, 4.69) is 34.2 Å². The van der Waals surface area contributed by atoms with E-state index < -0.39 is 5.41 Å². The summed E-state index contributed by atoms with van der Waals surface area (Å²) in [5.74, 6) is -0.123. The monoisotopic (exact) mass is 428 g/mol. The van der Waals surface area contributed by atoms with Crippen LogP contribution in [-0.2, 0) is 11.2 Å². The molecule has 6 heteroatoms. The van der Waals surface area contributed by atoms with Gasteiger partial charge < -0.3 is 9.80 Å². The third-order valence-electron chi connectivity index (χ3n) is 6.14. The van der Waals surface area contributed by atoms with Crippen molar-refractivity contribution in [2.75, 3.05) is 27.2 Å². The maximum Gasteiger partial charge on any atom is 0.274 e. The van der Waals surface area contributed by atoms with Crippen molar-refractivity contribution in [2.45, 2.75) is 19.3 Å². The standard InChI is InChI=1S/C26H28N4O2/c1-29(2)25(32)26(13-8-16-30(19-26)24(31)23-18-27-14-15-28-23)17-21-11-6-7-12-22(21)20-9-4-3-5-10-20/h3-7,9-12,14-15,18H,8,13,16-17,19H2,1-2H3/t26-/m1/s1. The second-order valence-corrected chi connectivity index (χ2v) is 8.60. The summed E-state index contributed by atoms with van der Waals surface area (Å²) in [5.41, 5.74) is 2.98. The molecule has 4 rings (SSSR count). The highest BCUT2D eigenvalue weighted by atomic mass is 16.2. The Balaban J connectivity index is 1.70. The molecule has 2 aromatic carbocycles. The average molecular weight is 429 g/mol. The minimum atomic E-state index is -0.690. The Morgan fingerprint density at radius 1 is 1.03 bits per heavy atom. The molecule has 1 saturated heterocycles. The van der Waals surface area contributed by atoms with E-state index in [1.807, 2.05) is 30.3 Å².